The third-order valence-electron chi connectivity index (χ3n) is 3.67. The van der Waals surface area contributed by atoms with E-state index in [4.69, 9.17) is 5.26 Å². The van der Waals surface area contributed by atoms with Crippen LogP contribution >= 0.6 is 11.3 Å². The molecule has 0 saturated carbocycles. The van der Waals surface area contributed by atoms with Crippen molar-refractivity contribution in [1.29, 1.82) is 5.26 Å². The quantitative estimate of drug-likeness (QED) is 0.945. The molecule has 1 aromatic carbocycles. The van der Waals surface area contributed by atoms with E-state index in [0.29, 0.717) is 10.7 Å². The van der Waals surface area contributed by atoms with Crippen LogP contribution in [0.2, 0.25) is 0 Å². The Labute approximate surface area is 133 Å². The van der Waals surface area contributed by atoms with E-state index in [1.807, 2.05) is 6.07 Å². The van der Waals surface area contributed by atoms with Gasteiger partial charge in [-0.05, 0) is 18.7 Å². The molecule has 0 atom stereocenters. The maximum atomic E-state index is 12.4. The zero-order chi connectivity index (χ0) is 15.5. The monoisotopic (exact) mass is 312 g/mol. The summed E-state index contributed by atoms with van der Waals surface area (Å²) >= 11 is 1.53. The number of benzene rings is 1. The molecule has 112 valence electrons. The second kappa shape index (κ2) is 6.26. The molecule has 0 saturated heterocycles. The van der Waals surface area contributed by atoms with Crippen molar-refractivity contribution in [2.45, 2.75) is 19.4 Å². The van der Waals surface area contributed by atoms with Gasteiger partial charge < -0.3 is 4.90 Å². The fraction of sp³-hybridized carbons (Fsp3) is 0.312. The molecule has 2 heterocycles. The smallest absolute Gasteiger partial charge is 0.257 e. The molecule has 5 nitrogen and oxygen atoms in total. The number of fused-ring (bicyclic) bond motifs is 1. The lowest BCUT2D eigenvalue weighted by Gasteiger charge is -2.20. The Balaban J connectivity index is 1.79. The summed E-state index contributed by atoms with van der Waals surface area (Å²) in [5, 5.41) is 12.4. The molecule has 0 radical (unpaired) electrons. The SMILES string of the molecule is CN1CCc2nc(NC(=O)c3ccccc3CC#N)sc2C1. The number of thiazole rings is 1. The first-order valence-corrected chi connectivity index (χ1v) is 7.92. The van der Waals surface area contributed by atoms with Crippen LogP contribution in [0.4, 0.5) is 5.13 Å². The van der Waals surface area contributed by atoms with Gasteiger partial charge in [0.05, 0.1) is 18.2 Å². The van der Waals surface area contributed by atoms with Gasteiger partial charge in [0.2, 0.25) is 0 Å². The number of nitrogens with zero attached hydrogens (tertiary/aromatic N) is 3. The van der Waals surface area contributed by atoms with Gasteiger partial charge in [0.1, 0.15) is 0 Å². The Bertz CT molecular complexity index is 747. The number of rotatable bonds is 3. The van der Waals surface area contributed by atoms with Crippen molar-refractivity contribution in [2.24, 2.45) is 0 Å². The van der Waals surface area contributed by atoms with Gasteiger partial charge in [0, 0.05) is 30.0 Å². The first kappa shape index (κ1) is 14.7. The Morgan fingerprint density at radius 2 is 2.32 bits per heavy atom. The first-order chi connectivity index (χ1) is 10.7. The van der Waals surface area contributed by atoms with Gasteiger partial charge in [0.25, 0.3) is 5.91 Å². The number of nitriles is 1. The van der Waals surface area contributed by atoms with Crippen molar-refractivity contribution in [3.63, 3.8) is 0 Å². The summed E-state index contributed by atoms with van der Waals surface area (Å²) in [4.78, 5) is 20.4. The van der Waals surface area contributed by atoms with Crippen LogP contribution in [0.3, 0.4) is 0 Å². The van der Waals surface area contributed by atoms with Crippen LogP contribution in [0.5, 0.6) is 0 Å². The minimum atomic E-state index is -0.203. The van der Waals surface area contributed by atoms with Gasteiger partial charge in [-0.25, -0.2) is 4.98 Å². The molecule has 22 heavy (non-hydrogen) atoms. The number of aromatic nitrogens is 1. The number of amides is 1. The standard InChI is InChI=1S/C16H16N4OS/c1-20-9-7-13-14(10-20)22-16(18-13)19-15(21)12-5-3-2-4-11(12)6-8-17/h2-5H,6-7,9-10H2,1H3,(H,18,19,21). The van der Waals surface area contributed by atoms with Crippen molar-refractivity contribution in [2.75, 3.05) is 18.9 Å². The van der Waals surface area contributed by atoms with Crippen LogP contribution in [-0.4, -0.2) is 29.4 Å². The van der Waals surface area contributed by atoms with E-state index in [-0.39, 0.29) is 12.3 Å². The molecular formula is C16H16N4OS. The van der Waals surface area contributed by atoms with Crippen LogP contribution in [0.15, 0.2) is 24.3 Å². The predicted molar refractivity (Wildman–Crippen MR) is 85.9 cm³/mol. The molecule has 0 spiro atoms. The Morgan fingerprint density at radius 1 is 1.50 bits per heavy atom. The zero-order valence-corrected chi connectivity index (χ0v) is 13.1. The molecule has 1 aliphatic rings. The van der Waals surface area contributed by atoms with E-state index in [1.165, 1.54) is 16.2 Å². The van der Waals surface area contributed by atoms with E-state index in [0.717, 1.165) is 30.8 Å². The molecular weight excluding hydrogens is 296 g/mol. The Hall–Kier alpha value is -2.23. The highest BCUT2D eigenvalue weighted by atomic mass is 32.1. The van der Waals surface area contributed by atoms with E-state index in [2.05, 4.69) is 28.3 Å². The second-order valence-corrected chi connectivity index (χ2v) is 6.41. The topological polar surface area (TPSA) is 69.0 Å². The third-order valence-corrected chi connectivity index (χ3v) is 4.67. The third kappa shape index (κ3) is 3.01. The summed E-state index contributed by atoms with van der Waals surface area (Å²) in [6.45, 7) is 1.88. The largest absolute Gasteiger partial charge is 0.301 e. The van der Waals surface area contributed by atoms with Crippen molar-refractivity contribution in [1.82, 2.24) is 9.88 Å². The minimum absolute atomic E-state index is 0.203. The van der Waals surface area contributed by atoms with Crippen LogP contribution in [-0.2, 0) is 19.4 Å². The molecule has 0 fully saturated rings. The van der Waals surface area contributed by atoms with Crippen molar-refractivity contribution >= 4 is 22.4 Å². The normalized spacial score (nSPS) is 14.2. The second-order valence-electron chi connectivity index (χ2n) is 5.32. The summed E-state index contributed by atoms with van der Waals surface area (Å²) < 4.78 is 0. The van der Waals surface area contributed by atoms with Crippen molar-refractivity contribution in [3.05, 3.63) is 46.0 Å². The Kier molecular flexibility index (Phi) is 4.18. The highest BCUT2D eigenvalue weighted by molar-refractivity contribution is 7.15. The molecule has 0 bridgehead atoms. The lowest BCUT2D eigenvalue weighted by atomic mass is 10.0. The number of hydrogen-bond acceptors (Lipinski definition) is 5. The molecule has 1 N–H and O–H groups in total. The van der Waals surface area contributed by atoms with Crippen molar-refractivity contribution < 1.29 is 4.79 Å². The summed E-state index contributed by atoms with van der Waals surface area (Å²) in [5.41, 5.74) is 2.36. The van der Waals surface area contributed by atoms with E-state index in [1.54, 1.807) is 18.2 Å². The number of hydrogen-bond donors (Lipinski definition) is 1. The maximum Gasteiger partial charge on any atom is 0.257 e. The van der Waals surface area contributed by atoms with Gasteiger partial charge in [-0.2, -0.15) is 5.26 Å². The van der Waals surface area contributed by atoms with Crippen LogP contribution in [0.1, 0.15) is 26.5 Å². The summed E-state index contributed by atoms with van der Waals surface area (Å²) in [6, 6.07) is 9.27. The number of likely N-dealkylation sites (N-methyl/N-ethyl adjacent to an activating group) is 1. The lowest BCUT2D eigenvalue weighted by molar-refractivity contribution is 0.102. The lowest BCUT2D eigenvalue weighted by Crippen LogP contribution is -2.25. The highest BCUT2D eigenvalue weighted by Gasteiger charge is 2.20. The summed E-state index contributed by atoms with van der Waals surface area (Å²) in [6.07, 6.45) is 1.14. The predicted octanol–water partition coefficient (Wildman–Crippen LogP) is 2.45. The average molecular weight is 312 g/mol. The first-order valence-electron chi connectivity index (χ1n) is 7.10. The molecule has 6 heteroatoms. The molecule has 3 rings (SSSR count). The highest BCUT2D eigenvalue weighted by Crippen LogP contribution is 2.28. The van der Waals surface area contributed by atoms with Gasteiger partial charge in [-0.15, -0.1) is 11.3 Å². The molecule has 0 unspecified atom stereocenters. The van der Waals surface area contributed by atoms with Gasteiger partial charge >= 0.3 is 0 Å². The van der Waals surface area contributed by atoms with Crippen molar-refractivity contribution in [3.8, 4) is 6.07 Å². The van der Waals surface area contributed by atoms with Gasteiger partial charge in [-0.1, -0.05) is 18.2 Å². The van der Waals surface area contributed by atoms with Crippen LogP contribution in [0.25, 0.3) is 0 Å². The summed E-state index contributed by atoms with van der Waals surface area (Å²) in [5.74, 6) is -0.203. The van der Waals surface area contributed by atoms with E-state index >= 15 is 0 Å². The van der Waals surface area contributed by atoms with E-state index < -0.39 is 0 Å². The number of anilines is 1. The zero-order valence-electron chi connectivity index (χ0n) is 12.3. The number of nitrogens with one attached hydrogen (secondary N) is 1. The van der Waals surface area contributed by atoms with Gasteiger partial charge in [-0.3, -0.25) is 10.1 Å². The Morgan fingerprint density at radius 3 is 3.14 bits per heavy atom. The van der Waals surface area contributed by atoms with Gasteiger partial charge in [0.15, 0.2) is 5.13 Å². The maximum absolute atomic E-state index is 12.4. The molecule has 0 aliphatic carbocycles. The minimum Gasteiger partial charge on any atom is -0.301 e. The number of carbonyl (C=O) groups is 1. The molecule has 1 amide bonds. The molecule has 1 aliphatic heterocycles. The molecule has 1 aromatic heterocycles. The number of carbonyl (C=O) groups excluding carboxylic acids is 1. The average Bonchev–Trinajstić information content (AvgIpc) is 2.89. The van der Waals surface area contributed by atoms with E-state index in [9.17, 15) is 4.79 Å². The fourth-order valence-electron chi connectivity index (χ4n) is 2.52. The summed E-state index contributed by atoms with van der Waals surface area (Å²) in [7, 11) is 2.08. The molecule has 2 aromatic rings. The van der Waals surface area contributed by atoms with Crippen LogP contribution < -0.4 is 5.32 Å². The van der Waals surface area contributed by atoms with Crippen LogP contribution in [0, 0.1) is 11.3 Å². The fourth-order valence-corrected chi connectivity index (χ4v) is 3.61.